The van der Waals surface area contributed by atoms with Crippen molar-refractivity contribution in [2.24, 2.45) is 5.73 Å². The molecule has 1 amide bonds. The van der Waals surface area contributed by atoms with Crippen LogP contribution in [-0.4, -0.2) is 34.1 Å². The number of likely N-dealkylation sites (N-methyl/N-ethyl adjacent to an activating group) is 1. The number of benzene rings is 1. The van der Waals surface area contributed by atoms with E-state index in [0.717, 1.165) is 0 Å². The molecule has 0 aliphatic heterocycles. The van der Waals surface area contributed by atoms with Gasteiger partial charge in [-0.15, -0.1) is 0 Å². The highest BCUT2D eigenvalue weighted by atomic mass is 16.3. The van der Waals surface area contributed by atoms with Crippen LogP contribution in [0.25, 0.3) is 0 Å². The zero-order chi connectivity index (χ0) is 15.4. The quantitative estimate of drug-likeness (QED) is 0.719. The van der Waals surface area contributed by atoms with Crippen LogP contribution in [0.3, 0.4) is 0 Å². The van der Waals surface area contributed by atoms with Gasteiger partial charge in [0.25, 0.3) is 0 Å². The molecule has 0 saturated heterocycles. The van der Waals surface area contributed by atoms with Crippen LogP contribution in [0.4, 0.5) is 0 Å². The van der Waals surface area contributed by atoms with Gasteiger partial charge in [-0.25, -0.2) is 0 Å². The second-order valence-corrected chi connectivity index (χ2v) is 4.91. The van der Waals surface area contributed by atoms with Crippen molar-refractivity contribution in [3.05, 3.63) is 47.9 Å². The summed E-state index contributed by atoms with van der Waals surface area (Å²) in [6.07, 6.45) is 1.82. The number of aromatic hydroxyl groups is 2. The van der Waals surface area contributed by atoms with E-state index in [9.17, 15) is 15.0 Å². The second kappa shape index (κ2) is 6.32. The van der Waals surface area contributed by atoms with Crippen molar-refractivity contribution in [1.82, 2.24) is 4.90 Å². The van der Waals surface area contributed by atoms with Gasteiger partial charge in [-0.2, -0.15) is 0 Å². The Morgan fingerprint density at radius 2 is 2.10 bits per heavy atom. The van der Waals surface area contributed by atoms with Crippen molar-refractivity contribution >= 4 is 5.91 Å². The van der Waals surface area contributed by atoms with Crippen LogP contribution in [-0.2, 0) is 17.8 Å². The van der Waals surface area contributed by atoms with Gasteiger partial charge < -0.3 is 25.3 Å². The monoisotopic (exact) mass is 290 g/mol. The number of furan rings is 1. The normalized spacial score (nSPS) is 12.1. The lowest BCUT2D eigenvalue weighted by Crippen LogP contribution is -2.42. The van der Waals surface area contributed by atoms with Gasteiger partial charge in [-0.05, 0) is 36.2 Å². The summed E-state index contributed by atoms with van der Waals surface area (Å²) in [6.45, 7) is 0.348. The molecule has 21 heavy (non-hydrogen) atoms. The number of carbonyl (C=O) groups excluding carboxylic acids is 1. The maximum atomic E-state index is 12.2. The molecule has 0 fully saturated rings. The third kappa shape index (κ3) is 3.76. The number of carbonyl (C=O) groups is 1. The topological polar surface area (TPSA) is 99.9 Å². The molecule has 1 aromatic heterocycles. The molecule has 6 nitrogen and oxygen atoms in total. The molecule has 0 saturated carbocycles. The lowest BCUT2D eigenvalue weighted by Gasteiger charge is -2.20. The van der Waals surface area contributed by atoms with E-state index in [1.165, 1.54) is 17.0 Å². The van der Waals surface area contributed by atoms with Gasteiger partial charge in [-0.1, -0.05) is 6.07 Å². The van der Waals surface area contributed by atoms with Crippen molar-refractivity contribution in [3.63, 3.8) is 0 Å². The van der Waals surface area contributed by atoms with Crippen LogP contribution in [0.2, 0.25) is 0 Å². The Bertz CT molecular complexity index is 610. The van der Waals surface area contributed by atoms with Gasteiger partial charge in [0.1, 0.15) is 5.76 Å². The van der Waals surface area contributed by atoms with E-state index in [1.807, 2.05) is 0 Å². The molecule has 0 radical (unpaired) electrons. The van der Waals surface area contributed by atoms with Crippen LogP contribution >= 0.6 is 0 Å². The van der Waals surface area contributed by atoms with Crippen LogP contribution in [0.1, 0.15) is 11.3 Å². The third-order valence-electron chi connectivity index (χ3n) is 3.16. The van der Waals surface area contributed by atoms with Crippen LogP contribution in [0.5, 0.6) is 11.5 Å². The smallest absolute Gasteiger partial charge is 0.239 e. The lowest BCUT2D eigenvalue weighted by atomic mass is 10.0. The van der Waals surface area contributed by atoms with Gasteiger partial charge in [-0.3, -0.25) is 4.79 Å². The van der Waals surface area contributed by atoms with Crippen molar-refractivity contribution in [3.8, 4) is 11.5 Å². The fraction of sp³-hybridized carbons (Fsp3) is 0.267. The van der Waals surface area contributed by atoms with Crippen LogP contribution < -0.4 is 5.73 Å². The fourth-order valence-corrected chi connectivity index (χ4v) is 2.03. The molecule has 2 aromatic rings. The van der Waals surface area contributed by atoms with Gasteiger partial charge >= 0.3 is 0 Å². The van der Waals surface area contributed by atoms with E-state index in [4.69, 9.17) is 10.2 Å². The maximum Gasteiger partial charge on any atom is 0.239 e. The molecule has 2 rings (SSSR count). The Kier molecular flexibility index (Phi) is 4.49. The first-order chi connectivity index (χ1) is 9.97. The first-order valence-electron chi connectivity index (χ1n) is 6.51. The fourth-order valence-electron chi connectivity index (χ4n) is 2.03. The summed E-state index contributed by atoms with van der Waals surface area (Å²) < 4.78 is 5.19. The van der Waals surface area contributed by atoms with Crippen molar-refractivity contribution in [1.29, 1.82) is 0 Å². The zero-order valence-corrected chi connectivity index (χ0v) is 11.7. The Morgan fingerprint density at radius 3 is 2.71 bits per heavy atom. The summed E-state index contributed by atoms with van der Waals surface area (Å²) in [5.41, 5.74) is 6.58. The van der Waals surface area contributed by atoms with E-state index in [0.29, 0.717) is 17.9 Å². The Balaban J connectivity index is 1.96. The molecule has 1 heterocycles. The van der Waals surface area contributed by atoms with E-state index in [2.05, 4.69) is 0 Å². The first-order valence-corrected chi connectivity index (χ1v) is 6.51. The molecule has 112 valence electrons. The number of nitrogens with two attached hydrogens (primary N) is 1. The Labute approximate surface area is 122 Å². The average molecular weight is 290 g/mol. The highest BCUT2D eigenvalue weighted by Gasteiger charge is 2.19. The predicted molar refractivity (Wildman–Crippen MR) is 76.6 cm³/mol. The van der Waals surface area contributed by atoms with E-state index in [1.54, 1.807) is 31.5 Å². The van der Waals surface area contributed by atoms with Crippen molar-refractivity contribution < 1.29 is 19.4 Å². The minimum atomic E-state index is -0.728. The van der Waals surface area contributed by atoms with E-state index >= 15 is 0 Å². The SMILES string of the molecule is CN(Cc1ccco1)C(=O)[C@@H](N)Cc1ccc(O)c(O)c1. The minimum Gasteiger partial charge on any atom is -0.504 e. The molecule has 4 N–H and O–H groups in total. The van der Waals surface area contributed by atoms with Crippen LogP contribution in [0, 0.1) is 0 Å². The number of nitrogens with zero attached hydrogens (tertiary/aromatic N) is 1. The van der Waals surface area contributed by atoms with E-state index < -0.39 is 6.04 Å². The summed E-state index contributed by atoms with van der Waals surface area (Å²) >= 11 is 0. The number of hydrogen-bond acceptors (Lipinski definition) is 5. The number of hydrogen-bond donors (Lipinski definition) is 3. The Hall–Kier alpha value is -2.47. The molecular weight excluding hydrogens is 272 g/mol. The largest absolute Gasteiger partial charge is 0.504 e. The summed E-state index contributed by atoms with van der Waals surface area (Å²) in [7, 11) is 1.65. The number of phenols is 2. The molecule has 6 heteroatoms. The molecule has 1 aromatic carbocycles. The minimum absolute atomic E-state index is 0.200. The molecular formula is C15H18N2O4. The zero-order valence-electron chi connectivity index (χ0n) is 11.7. The standard InChI is InChI=1S/C15H18N2O4/c1-17(9-11-3-2-6-21-11)15(20)12(16)7-10-4-5-13(18)14(19)8-10/h2-6,8,12,18-19H,7,9,16H2,1H3/t12-/m0/s1. The average Bonchev–Trinajstić information content (AvgIpc) is 2.94. The van der Waals surface area contributed by atoms with Gasteiger partial charge in [0.15, 0.2) is 11.5 Å². The van der Waals surface area contributed by atoms with Gasteiger partial charge in [0, 0.05) is 7.05 Å². The predicted octanol–water partition coefficient (Wildman–Crippen LogP) is 1.22. The molecule has 0 aliphatic carbocycles. The molecule has 0 unspecified atom stereocenters. The summed E-state index contributed by atoms with van der Waals surface area (Å²) in [6, 6.07) is 7.20. The van der Waals surface area contributed by atoms with Crippen molar-refractivity contribution in [2.75, 3.05) is 7.05 Å². The molecule has 0 aliphatic rings. The van der Waals surface area contributed by atoms with Gasteiger partial charge in [0.2, 0.25) is 5.91 Å². The second-order valence-electron chi connectivity index (χ2n) is 4.91. The number of phenolic OH excluding ortho intramolecular Hbond substituents is 2. The summed E-state index contributed by atoms with van der Waals surface area (Å²) in [4.78, 5) is 13.7. The lowest BCUT2D eigenvalue weighted by molar-refractivity contribution is -0.132. The first kappa shape index (κ1) is 14.9. The van der Waals surface area contributed by atoms with Crippen molar-refractivity contribution in [2.45, 2.75) is 19.0 Å². The molecule has 0 bridgehead atoms. The summed E-state index contributed by atoms with van der Waals surface area (Å²) in [5, 5.41) is 18.7. The molecule has 1 atom stereocenters. The highest BCUT2D eigenvalue weighted by molar-refractivity contribution is 5.81. The Morgan fingerprint density at radius 1 is 1.33 bits per heavy atom. The summed E-state index contributed by atoms with van der Waals surface area (Å²) in [5.74, 6) is 0.0315. The van der Waals surface area contributed by atoms with E-state index in [-0.39, 0.29) is 23.8 Å². The third-order valence-corrected chi connectivity index (χ3v) is 3.16. The number of rotatable bonds is 5. The van der Waals surface area contributed by atoms with Crippen LogP contribution in [0.15, 0.2) is 41.0 Å². The maximum absolute atomic E-state index is 12.2. The molecule has 0 spiro atoms. The van der Waals surface area contributed by atoms with Gasteiger partial charge in [0.05, 0.1) is 18.8 Å². The highest BCUT2D eigenvalue weighted by Crippen LogP contribution is 2.25. The number of amides is 1.